The molecule has 1 aliphatic carbocycles. The van der Waals surface area contributed by atoms with Crippen LogP contribution >= 0.6 is 0 Å². The van der Waals surface area contributed by atoms with E-state index in [1.807, 2.05) is 7.05 Å². The number of nitrogens with zero attached hydrogens (tertiary/aromatic N) is 5. The maximum Gasteiger partial charge on any atom is 0.176 e. The number of hydrogen-bond donors (Lipinski definition) is 1. The Hall–Kier alpha value is -1.01. The molecule has 6 heteroatoms. The van der Waals surface area contributed by atoms with Crippen molar-refractivity contribution in [3.8, 4) is 0 Å². The van der Waals surface area contributed by atoms with Crippen molar-refractivity contribution < 1.29 is 0 Å². The number of tetrazole rings is 1. The summed E-state index contributed by atoms with van der Waals surface area (Å²) in [5.74, 6) is 1.68. The Morgan fingerprint density at radius 1 is 1.38 bits per heavy atom. The molecule has 1 saturated carbocycles. The van der Waals surface area contributed by atoms with Crippen LogP contribution in [-0.4, -0.2) is 57.3 Å². The Morgan fingerprint density at radius 3 is 2.52 bits per heavy atom. The van der Waals surface area contributed by atoms with Gasteiger partial charge >= 0.3 is 0 Å². The zero-order valence-corrected chi connectivity index (χ0v) is 14.1. The molecule has 1 N–H and O–H groups in total. The summed E-state index contributed by atoms with van der Waals surface area (Å²) in [5, 5.41) is 16.2. The molecule has 1 unspecified atom stereocenters. The van der Waals surface area contributed by atoms with E-state index in [4.69, 9.17) is 0 Å². The minimum Gasteiger partial charge on any atom is -0.312 e. The summed E-state index contributed by atoms with van der Waals surface area (Å²) >= 11 is 0. The van der Waals surface area contributed by atoms with Crippen LogP contribution in [0, 0.1) is 5.92 Å². The summed E-state index contributed by atoms with van der Waals surface area (Å²) in [6.07, 6.45) is 5.91. The van der Waals surface area contributed by atoms with Crippen LogP contribution in [-0.2, 0) is 13.5 Å². The molecule has 0 aromatic carbocycles. The zero-order chi connectivity index (χ0) is 15.5. The van der Waals surface area contributed by atoms with Crippen molar-refractivity contribution in [2.24, 2.45) is 13.0 Å². The highest BCUT2D eigenvalue weighted by Gasteiger charge is 2.43. The highest BCUT2D eigenvalue weighted by atomic mass is 15.6. The van der Waals surface area contributed by atoms with Crippen LogP contribution in [0.25, 0.3) is 0 Å². The van der Waals surface area contributed by atoms with E-state index in [0.29, 0.717) is 6.04 Å². The van der Waals surface area contributed by atoms with Crippen molar-refractivity contribution in [3.63, 3.8) is 0 Å². The fourth-order valence-corrected chi connectivity index (χ4v) is 3.66. The Bertz CT molecular complexity index is 433. The lowest BCUT2D eigenvalue weighted by Gasteiger charge is -2.49. The number of hydrogen-bond acceptors (Lipinski definition) is 5. The molecule has 1 aliphatic rings. The fourth-order valence-electron chi connectivity index (χ4n) is 3.66. The number of rotatable bonds is 6. The standard InChI is InChI=1S/C15H30N6/c1-6-16-13(11-14-17-19-21(5)18-14)15(20(3)4)9-7-12(2)8-10-15/h12-13,16H,6-11H2,1-5H3. The van der Waals surface area contributed by atoms with Gasteiger partial charge in [-0.15, -0.1) is 10.2 Å². The maximum absolute atomic E-state index is 4.37. The van der Waals surface area contributed by atoms with E-state index in [0.717, 1.165) is 24.7 Å². The minimum atomic E-state index is 0.196. The summed E-state index contributed by atoms with van der Waals surface area (Å²) in [4.78, 5) is 3.96. The van der Waals surface area contributed by atoms with Crippen LogP contribution in [0.1, 0.15) is 45.4 Å². The van der Waals surface area contributed by atoms with Gasteiger partial charge in [-0.1, -0.05) is 13.8 Å². The number of likely N-dealkylation sites (N-methyl/N-ethyl adjacent to an activating group) is 2. The summed E-state index contributed by atoms with van der Waals surface area (Å²) in [6, 6.07) is 0.370. The van der Waals surface area contributed by atoms with E-state index in [1.165, 1.54) is 25.7 Å². The van der Waals surface area contributed by atoms with Crippen molar-refractivity contribution in [2.75, 3.05) is 20.6 Å². The molecule has 6 nitrogen and oxygen atoms in total. The summed E-state index contributed by atoms with van der Waals surface area (Å²) < 4.78 is 0. The number of aromatic nitrogens is 4. The van der Waals surface area contributed by atoms with Gasteiger partial charge in [0.05, 0.1) is 7.05 Å². The lowest BCUT2D eigenvalue weighted by molar-refractivity contribution is 0.0433. The van der Waals surface area contributed by atoms with Gasteiger partial charge in [-0.25, -0.2) is 0 Å². The van der Waals surface area contributed by atoms with Crippen molar-refractivity contribution in [1.82, 2.24) is 30.4 Å². The first-order chi connectivity index (χ1) is 9.98. The first-order valence-corrected chi connectivity index (χ1v) is 8.11. The SMILES string of the molecule is CCNC(Cc1nnn(C)n1)C1(N(C)C)CCC(C)CC1. The van der Waals surface area contributed by atoms with E-state index in [2.05, 4.69) is 53.6 Å². The van der Waals surface area contributed by atoms with Crippen molar-refractivity contribution in [3.05, 3.63) is 5.82 Å². The molecule has 0 bridgehead atoms. The third-order valence-corrected chi connectivity index (χ3v) is 5.07. The molecule has 1 aromatic heterocycles. The van der Waals surface area contributed by atoms with Crippen LogP contribution < -0.4 is 5.32 Å². The Kier molecular flexibility index (Phi) is 5.32. The second-order valence-electron chi connectivity index (χ2n) is 6.69. The van der Waals surface area contributed by atoms with Gasteiger partial charge in [0.15, 0.2) is 5.82 Å². The molecule has 120 valence electrons. The van der Waals surface area contributed by atoms with Gasteiger partial charge in [0.1, 0.15) is 0 Å². The first kappa shape index (κ1) is 16.4. The van der Waals surface area contributed by atoms with Crippen LogP contribution in [0.4, 0.5) is 0 Å². The smallest absolute Gasteiger partial charge is 0.176 e. The molecule has 2 rings (SSSR count). The molecule has 0 saturated heterocycles. The molecule has 1 aromatic rings. The van der Waals surface area contributed by atoms with Crippen LogP contribution in [0.2, 0.25) is 0 Å². The fraction of sp³-hybridized carbons (Fsp3) is 0.933. The molecule has 0 aliphatic heterocycles. The normalized spacial score (nSPS) is 28.0. The number of aryl methyl sites for hydroxylation is 1. The van der Waals surface area contributed by atoms with Gasteiger partial charge in [-0.05, 0) is 57.5 Å². The van der Waals surface area contributed by atoms with Gasteiger partial charge in [-0.3, -0.25) is 0 Å². The van der Waals surface area contributed by atoms with E-state index in [1.54, 1.807) is 4.80 Å². The Balaban J connectivity index is 2.20. The lowest BCUT2D eigenvalue weighted by Crippen LogP contribution is -2.61. The van der Waals surface area contributed by atoms with Crippen molar-refractivity contribution in [2.45, 2.75) is 57.5 Å². The summed E-state index contributed by atoms with van der Waals surface area (Å²) in [5.41, 5.74) is 0.196. The second-order valence-corrected chi connectivity index (χ2v) is 6.69. The predicted molar refractivity (Wildman–Crippen MR) is 84.0 cm³/mol. The topological polar surface area (TPSA) is 58.9 Å². The Morgan fingerprint density at radius 2 is 2.05 bits per heavy atom. The van der Waals surface area contributed by atoms with Gasteiger partial charge in [0.2, 0.25) is 0 Å². The molecule has 1 fully saturated rings. The van der Waals surface area contributed by atoms with Gasteiger partial charge < -0.3 is 10.2 Å². The minimum absolute atomic E-state index is 0.196. The molecule has 1 heterocycles. The highest BCUT2D eigenvalue weighted by molar-refractivity contribution is 5.04. The molecular weight excluding hydrogens is 264 g/mol. The molecule has 1 atom stereocenters. The van der Waals surface area contributed by atoms with Gasteiger partial charge in [0, 0.05) is 18.0 Å². The largest absolute Gasteiger partial charge is 0.312 e. The quantitative estimate of drug-likeness (QED) is 0.855. The van der Waals surface area contributed by atoms with E-state index >= 15 is 0 Å². The van der Waals surface area contributed by atoms with Crippen molar-refractivity contribution >= 4 is 0 Å². The highest BCUT2D eigenvalue weighted by Crippen LogP contribution is 2.38. The molecule has 0 radical (unpaired) electrons. The second kappa shape index (κ2) is 6.83. The average Bonchev–Trinajstić information content (AvgIpc) is 2.85. The summed E-state index contributed by atoms with van der Waals surface area (Å²) in [7, 11) is 6.25. The third kappa shape index (κ3) is 3.61. The molecule has 0 amide bonds. The van der Waals surface area contributed by atoms with Gasteiger partial charge in [-0.2, -0.15) is 4.80 Å². The van der Waals surface area contributed by atoms with Crippen LogP contribution in [0.15, 0.2) is 0 Å². The first-order valence-electron chi connectivity index (χ1n) is 8.11. The lowest BCUT2D eigenvalue weighted by atomic mass is 9.71. The van der Waals surface area contributed by atoms with Crippen LogP contribution in [0.3, 0.4) is 0 Å². The third-order valence-electron chi connectivity index (χ3n) is 5.07. The van der Waals surface area contributed by atoms with E-state index in [9.17, 15) is 0 Å². The molecule has 21 heavy (non-hydrogen) atoms. The van der Waals surface area contributed by atoms with E-state index in [-0.39, 0.29) is 5.54 Å². The van der Waals surface area contributed by atoms with Gasteiger partial charge in [0.25, 0.3) is 0 Å². The van der Waals surface area contributed by atoms with Crippen LogP contribution in [0.5, 0.6) is 0 Å². The van der Waals surface area contributed by atoms with Crippen molar-refractivity contribution in [1.29, 1.82) is 0 Å². The summed E-state index contributed by atoms with van der Waals surface area (Å²) in [6.45, 7) is 5.51. The molecular formula is C15H30N6. The predicted octanol–water partition coefficient (Wildman–Crippen LogP) is 1.24. The number of nitrogens with one attached hydrogen (secondary N) is 1. The average molecular weight is 294 g/mol. The zero-order valence-electron chi connectivity index (χ0n) is 14.1. The molecule has 0 spiro atoms. The Labute approximate surface area is 128 Å². The monoisotopic (exact) mass is 294 g/mol. The van der Waals surface area contributed by atoms with E-state index < -0.39 is 0 Å². The maximum atomic E-state index is 4.37.